The van der Waals surface area contributed by atoms with Crippen LogP contribution in [0.1, 0.15) is 32.6 Å². The monoisotopic (exact) mass is 139 g/mol. The van der Waals surface area contributed by atoms with E-state index in [1.54, 1.807) is 0 Å². The van der Waals surface area contributed by atoms with E-state index < -0.39 is 0 Å². The van der Waals surface area contributed by atoms with Crippen LogP contribution in [-0.4, -0.2) is 12.6 Å². The van der Waals surface area contributed by atoms with Crippen LogP contribution in [0.15, 0.2) is 0 Å². The second-order valence-electron chi connectivity index (χ2n) is 3.85. The predicted octanol–water partition coefficient (Wildman–Crippen LogP) is 1.78. The van der Waals surface area contributed by atoms with Crippen LogP contribution >= 0.6 is 0 Å². The van der Waals surface area contributed by atoms with Crippen molar-refractivity contribution in [1.29, 1.82) is 0 Å². The van der Waals surface area contributed by atoms with Gasteiger partial charge in [-0.3, -0.25) is 0 Å². The van der Waals surface area contributed by atoms with Crippen molar-refractivity contribution in [2.24, 2.45) is 11.8 Å². The van der Waals surface area contributed by atoms with Crippen molar-refractivity contribution in [3.8, 4) is 0 Å². The zero-order chi connectivity index (χ0) is 6.97. The molecule has 1 saturated heterocycles. The third-order valence-corrected chi connectivity index (χ3v) is 3.32. The average Bonchev–Trinajstić information content (AvgIpc) is 1.92. The van der Waals surface area contributed by atoms with Crippen LogP contribution in [-0.2, 0) is 0 Å². The van der Waals surface area contributed by atoms with Gasteiger partial charge >= 0.3 is 0 Å². The topological polar surface area (TPSA) is 12.0 Å². The number of nitrogens with one attached hydrogen (secondary N) is 1. The van der Waals surface area contributed by atoms with Crippen LogP contribution in [0.2, 0.25) is 0 Å². The van der Waals surface area contributed by atoms with Gasteiger partial charge in [-0.1, -0.05) is 6.92 Å². The molecule has 2 aliphatic rings. The highest BCUT2D eigenvalue weighted by molar-refractivity contribution is 4.90. The maximum absolute atomic E-state index is 3.60. The van der Waals surface area contributed by atoms with Crippen molar-refractivity contribution in [1.82, 2.24) is 5.32 Å². The first-order chi connectivity index (χ1) is 4.90. The molecule has 58 valence electrons. The lowest BCUT2D eigenvalue weighted by Gasteiger charge is -2.44. The average molecular weight is 139 g/mol. The van der Waals surface area contributed by atoms with Gasteiger partial charge in [0.15, 0.2) is 0 Å². The summed E-state index contributed by atoms with van der Waals surface area (Å²) in [5.41, 5.74) is 0. The van der Waals surface area contributed by atoms with Crippen molar-refractivity contribution in [2.75, 3.05) is 6.54 Å². The summed E-state index contributed by atoms with van der Waals surface area (Å²) >= 11 is 0. The van der Waals surface area contributed by atoms with Gasteiger partial charge in [-0.05, 0) is 44.1 Å². The summed E-state index contributed by atoms with van der Waals surface area (Å²) in [7, 11) is 0. The van der Waals surface area contributed by atoms with Gasteiger partial charge in [0.2, 0.25) is 0 Å². The maximum atomic E-state index is 3.60. The van der Waals surface area contributed by atoms with Crippen molar-refractivity contribution in [3.63, 3.8) is 0 Å². The van der Waals surface area contributed by atoms with Gasteiger partial charge in [0.1, 0.15) is 0 Å². The number of piperidine rings is 1. The Hall–Kier alpha value is -0.0400. The minimum atomic E-state index is 0.849. The summed E-state index contributed by atoms with van der Waals surface area (Å²) in [6.07, 6.45) is 5.79. The number of hydrogen-bond acceptors (Lipinski definition) is 1. The molecular formula is C9H17N. The molecule has 1 nitrogen and oxygen atoms in total. The Kier molecular flexibility index (Phi) is 1.69. The number of hydrogen-bond donors (Lipinski definition) is 1. The van der Waals surface area contributed by atoms with Gasteiger partial charge < -0.3 is 5.32 Å². The fraction of sp³-hybridized carbons (Fsp3) is 1.00. The lowest BCUT2D eigenvalue weighted by Crippen LogP contribution is -2.47. The van der Waals surface area contributed by atoms with E-state index in [9.17, 15) is 0 Å². The molecular weight excluding hydrogens is 122 g/mol. The Morgan fingerprint density at radius 1 is 1.30 bits per heavy atom. The Labute approximate surface area is 63.2 Å². The fourth-order valence-corrected chi connectivity index (χ4v) is 2.29. The molecule has 1 N–H and O–H groups in total. The Bertz CT molecular complexity index is 120. The van der Waals surface area contributed by atoms with Gasteiger partial charge in [-0.15, -0.1) is 0 Å². The van der Waals surface area contributed by atoms with Crippen LogP contribution in [0.5, 0.6) is 0 Å². The van der Waals surface area contributed by atoms with Gasteiger partial charge in [0.25, 0.3) is 0 Å². The smallest absolute Gasteiger partial charge is 0.00673 e. The van der Waals surface area contributed by atoms with E-state index in [0.717, 1.165) is 17.9 Å². The Morgan fingerprint density at radius 2 is 2.10 bits per heavy atom. The van der Waals surface area contributed by atoms with E-state index in [2.05, 4.69) is 12.2 Å². The normalized spacial score (nSPS) is 45.9. The molecule has 0 bridgehead atoms. The predicted molar refractivity (Wildman–Crippen MR) is 42.9 cm³/mol. The Morgan fingerprint density at radius 3 is 2.60 bits per heavy atom. The Balaban J connectivity index is 1.86. The molecule has 3 unspecified atom stereocenters. The van der Waals surface area contributed by atoms with Gasteiger partial charge in [0.05, 0.1) is 0 Å². The molecule has 0 aromatic heterocycles. The zero-order valence-corrected chi connectivity index (χ0v) is 6.77. The van der Waals surface area contributed by atoms with Crippen molar-refractivity contribution in [3.05, 3.63) is 0 Å². The molecule has 0 aromatic carbocycles. The lowest BCUT2D eigenvalue weighted by atomic mass is 9.68. The first kappa shape index (κ1) is 6.66. The van der Waals surface area contributed by atoms with Crippen LogP contribution in [0, 0.1) is 11.8 Å². The van der Waals surface area contributed by atoms with E-state index in [0.29, 0.717) is 0 Å². The van der Waals surface area contributed by atoms with Gasteiger partial charge in [0, 0.05) is 6.04 Å². The molecule has 10 heavy (non-hydrogen) atoms. The second kappa shape index (κ2) is 2.54. The SMILES string of the molecule is CCC1CC2CCC2CN1. The van der Waals surface area contributed by atoms with E-state index in [4.69, 9.17) is 0 Å². The molecule has 1 heteroatoms. The third kappa shape index (κ3) is 0.968. The first-order valence-electron chi connectivity index (χ1n) is 4.63. The fourth-order valence-electron chi connectivity index (χ4n) is 2.29. The molecule has 2 rings (SSSR count). The highest BCUT2D eigenvalue weighted by Crippen LogP contribution is 2.39. The van der Waals surface area contributed by atoms with Crippen molar-refractivity contribution >= 4 is 0 Å². The van der Waals surface area contributed by atoms with E-state index in [1.807, 2.05) is 0 Å². The number of fused-ring (bicyclic) bond motifs is 1. The molecule has 1 aliphatic heterocycles. The molecule has 2 fully saturated rings. The molecule has 0 aromatic rings. The van der Waals surface area contributed by atoms with Crippen molar-refractivity contribution < 1.29 is 0 Å². The standard InChI is InChI=1S/C9H17N/c1-2-9-5-7-3-4-8(7)6-10-9/h7-10H,2-6H2,1H3. The molecule has 0 spiro atoms. The molecule has 3 atom stereocenters. The van der Waals surface area contributed by atoms with Gasteiger partial charge in [-0.2, -0.15) is 0 Å². The van der Waals surface area contributed by atoms with Crippen LogP contribution in [0.3, 0.4) is 0 Å². The number of rotatable bonds is 1. The van der Waals surface area contributed by atoms with Crippen LogP contribution in [0.25, 0.3) is 0 Å². The van der Waals surface area contributed by atoms with E-state index in [-0.39, 0.29) is 0 Å². The van der Waals surface area contributed by atoms with E-state index >= 15 is 0 Å². The summed E-state index contributed by atoms with van der Waals surface area (Å²) in [6.45, 7) is 3.60. The molecule has 1 heterocycles. The highest BCUT2D eigenvalue weighted by atomic mass is 14.9. The molecule has 0 radical (unpaired) electrons. The molecule has 1 aliphatic carbocycles. The molecule has 1 saturated carbocycles. The van der Waals surface area contributed by atoms with Crippen molar-refractivity contribution in [2.45, 2.75) is 38.6 Å². The quantitative estimate of drug-likeness (QED) is 0.584. The summed E-state index contributed by atoms with van der Waals surface area (Å²) < 4.78 is 0. The maximum Gasteiger partial charge on any atom is 0.00673 e. The van der Waals surface area contributed by atoms with Crippen LogP contribution < -0.4 is 5.32 Å². The summed E-state index contributed by atoms with van der Waals surface area (Å²) in [5.74, 6) is 2.16. The largest absolute Gasteiger partial charge is 0.314 e. The first-order valence-corrected chi connectivity index (χ1v) is 4.63. The van der Waals surface area contributed by atoms with E-state index in [1.165, 1.54) is 32.2 Å². The summed E-state index contributed by atoms with van der Waals surface area (Å²) in [6, 6.07) is 0.849. The molecule has 0 amide bonds. The highest BCUT2D eigenvalue weighted by Gasteiger charge is 2.35. The minimum Gasteiger partial charge on any atom is -0.314 e. The second-order valence-corrected chi connectivity index (χ2v) is 3.85. The third-order valence-electron chi connectivity index (χ3n) is 3.32. The zero-order valence-electron chi connectivity index (χ0n) is 6.77. The summed E-state index contributed by atoms with van der Waals surface area (Å²) in [5, 5.41) is 3.60. The minimum absolute atomic E-state index is 0.849. The lowest BCUT2D eigenvalue weighted by molar-refractivity contribution is 0.101. The summed E-state index contributed by atoms with van der Waals surface area (Å²) in [4.78, 5) is 0. The van der Waals surface area contributed by atoms with Crippen LogP contribution in [0.4, 0.5) is 0 Å². The van der Waals surface area contributed by atoms with Gasteiger partial charge in [-0.25, -0.2) is 0 Å².